The smallest absolute Gasteiger partial charge is 0.306 e. The summed E-state index contributed by atoms with van der Waals surface area (Å²) in [5, 5.41) is 0. The van der Waals surface area contributed by atoms with Crippen molar-refractivity contribution >= 4 is 17.9 Å². The number of carbonyl (C=O) groups excluding carboxylic acids is 3. The van der Waals surface area contributed by atoms with Gasteiger partial charge in [-0.1, -0.05) is 232 Å². The molecule has 0 amide bonds. The predicted molar refractivity (Wildman–Crippen MR) is 247 cm³/mol. The van der Waals surface area contributed by atoms with Crippen LogP contribution in [-0.2, 0) is 28.6 Å². The molecule has 0 bridgehead atoms. The van der Waals surface area contributed by atoms with Crippen molar-refractivity contribution in [1.29, 1.82) is 0 Å². The SMILES string of the molecule is CCCCCCCCC=CCCCCCCCC(=O)O[C@H](COC(=O)CCCCCCCCCCCCCC)COC(=O)CCCCCCCCCCCCCCC. The number of unbranched alkanes of at least 4 members (excludes halogenated alkanes) is 34. The molecule has 0 saturated carbocycles. The molecule has 0 aromatic carbocycles. The molecular weight excluding hydrogens is 721 g/mol. The number of allylic oxidation sites excluding steroid dienone is 2. The third-order valence-electron chi connectivity index (χ3n) is 11.5. The zero-order chi connectivity index (χ0) is 42.3. The minimum absolute atomic E-state index is 0.0682. The molecule has 0 aliphatic heterocycles. The van der Waals surface area contributed by atoms with Crippen LogP contribution < -0.4 is 0 Å². The molecular formula is C52H98O6. The van der Waals surface area contributed by atoms with Crippen molar-refractivity contribution in [1.82, 2.24) is 0 Å². The van der Waals surface area contributed by atoms with Gasteiger partial charge in [0.2, 0.25) is 0 Å². The minimum atomic E-state index is -0.767. The average molecular weight is 819 g/mol. The maximum absolute atomic E-state index is 12.8. The topological polar surface area (TPSA) is 78.9 Å². The first kappa shape index (κ1) is 56.1. The van der Waals surface area contributed by atoms with Crippen molar-refractivity contribution in [3.8, 4) is 0 Å². The van der Waals surface area contributed by atoms with E-state index in [9.17, 15) is 14.4 Å². The highest BCUT2D eigenvalue weighted by molar-refractivity contribution is 5.71. The van der Waals surface area contributed by atoms with Crippen LogP contribution in [0, 0.1) is 0 Å². The third kappa shape index (κ3) is 45.2. The fourth-order valence-electron chi connectivity index (χ4n) is 7.61. The second kappa shape index (κ2) is 47.8. The van der Waals surface area contributed by atoms with Crippen LogP contribution in [0.1, 0.15) is 284 Å². The maximum Gasteiger partial charge on any atom is 0.306 e. The lowest BCUT2D eigenvalue weighted by atomic mass is 10.0. The molecule has 0 aliphatic rings. The number of ether oxygens (including phenoxy) is 3. The van der Waals surface area contributed by atoms with E-state index in [1.165, 1.54) is 180 Å². The summed E-state index contributed by atoms with van der Waals surface area (Å²) in [6.07, 6.45) is 51.9. The van der Waals surface area contributed by atoms with Crippen LogP contribution in [0.25, 0.3) is 0 Å². The Morgan fingerprint density at radius 1 is 0.328 bits per heavy atom. The molecule has 0 aromatic heterocycles. The molecule has 0 fully saturated rings. The lowest BCUT2D eigenvalue weighted by Crippen LogP contribution is -2.30. The molecule has 1 atom stereocenters. The number of carbonyl (C=O) groups is 3. The summed E-state index contributed by atoms with van der Waals surface area (Å²) < 4.78 is 16.8. The number of rotatable bonds is 47. The van der Waals surface area contributed by atoms with E-state index in [2.05, 4.69) is 32.9 Å². The van der Waals surface area contributed by atoms with E-state index >= 15 is 0 Å². The van der Waals surface area contributed by atoms with Crippen LogP contribution in [0.5, 0.6) is 0 Å². The third-order valence-corrected chi connectivity index (χ3v) is 11.5. The Morgan fingerprint density at radius 2 is 0.569 bits per heavy atom. The van der Waals surface area contributed by atoms with Crippen molar-refractivity contribution in [2.45, 2.75) is 290 Å². The van der Waals surface area contributed by atoms with E-state index in [1.54, 1.807) is 0 Å². The van der Waals surface area contributed by atoms with Gasteiger partial charge >= 0.3 is 17.9 Å². The quantitative estimate of drug-likeness (QED) is 0.0263. The van der Waals surface area contributed by atoms with Gasteiger partial charge in [-0.2, -0.15) is 0 Å². The first-order valence-electron chi connectivity index (χ1n) is 25.7. The second-order valence-corrected chi connectivity index (χ2v) is 17.4. The summed E-state index contributed by atoms with van der Waals surface area (Å²) in [4.78, 5) is 37.9. The average Bonchev–Trinajstić information content (AvgIpc) is 3.22. The van der Waals surface area contributed by atoms with Gasteiger partial charge in [0, 0.05) is 19.3 Å². The first-order chi connectivity index (χ1) is 28.5. The monoisotopic (exact) mass is 819 g/mol. The lowest BCUT2D eigenvalue weighted by Gasteiger charge is -2.18. The number of hydrogen-bond donors (Lipinski definition) is 0. The largest absolute Gasteiger partial charge is 0.462 e. The Morgan fingerprint density at radius 3 is 0.862 bits per heavy atom. The van der Waals surface area contributed by atoms with E-state index in [-0.39, 0.29) is 31.1 Å². The van der Waals surface area contributed by atoms with Crippen LogP contribution in [0.4, 0.5) is 0 Å². The molecule has 0 aliphatic carbocycles. The molecule has 0 radical (unpaired) electrons. The molecule has 342 valence electrons. The number of esters is 3. The summed E-state index contributed by atoms with van der Waals surface area (Å²) in [5.41, 5.74) is 0. The highest BCUT2D eigenvalue weighted by atomic mass is 16.6. The Kier molecular flexibility index (Phi) is 46.3. The molecule has 58 heavy (non-hydrogen) atoms. The van der Waals surface area contributed by atoms with Crippen LogP contribution in [0.3, 0.4) is 0 Å². The normalized spacial score (nSPS) is 12.0. The Labute approximate surface area is 360 Å². The van der Waals surface area contributed by atoms with Crippen LogP contribution in [0.15, 0.2) is 12.2 Å². The molecule has 6 heteroatoms. The minimum Gasteiger partial charge on any atom is -0.462 e. The van der Waals surface area contributed by atoms with Crippen LogP contribution in [0.2, 0.25) is 0 Å². The van der Waals surface area contributed by atoms with Gasteiger partial charge in [-0.15, -0.1) is 0 Å². The zero-order valence-electron chi connectivity index (χ0n) is 39.1. The second-order valence-electron chi connectivity index (χ2n) is 17.4. The summed E-state index contributed by atoms with van der Waals surface area (Å²) >= 11 is 0. The fourth-order valence-corrected chi connectivity index (χ4v) is 7.61. The lowest BCUT2D eigenvalue weighted by molar-refractivity contribution is -0.167. The van der Waals surface area contributed by atoms with E-state index in [1.807, 2.05) is 0 Å². The summed E-state index contributed by atoms with van der Waals surface area (Å²) in [6, 6.07) is 0. The Hall–Kier alpha value is -1.85. The van der Waals surface area contributed by atoms with E-state index in [0.717, 1.165) is 64.2 Å². The van der Waals surface area contributed by atoms with Crippen LogP contribution in [-0.4, -0.2) is 37.2 Å². The van der Waals surface area contributed by atoms with Gasteiger partial charge < -0.3 is 14.2 Å². The summed E-state index contributed by atoms with van der Waals surface area (Å²) in [7, 11) is 0. The summed E-state index contributed by atoms with van der Waals surface area (Å²) in [5.74, 6) is -0.861. The highest BCUT2D eigenvalue weighted by Crippen LogP contribution is 2.16. The van der Waals surface area contributed by atoms with E-state index in [0.29, 0.717) is 19.3 Å². The van der Waals surface area contributed by atoms with Crippen molar-refractivity contribution in [3.63, 3.8) is 0 Å². The Bertz CT molecular complexity index is 900. The molecule has 0 unspecified atom stereocenters. The molecule has 0 saturated heterocycles. The van der Waals surface area contributed by atoms with Crippen molar-refractivity contribution < 1.29 is 28.6 Å². The molecule has 0 aromatic rings. The maximum atomic E-state index is 12.8. The van der Waals surface area contributed by atoms with Crippen molar-refractivity contribution in [3.05, 3.63) is 12.2 Å². The fraction of sp³-hybridized carbons (Fsp3) is 0.904. The predicted octanol–water partition coefficient (Wildman–Crippen LogP) is 16.6. The molecule has 0 N–H and O–H groups in total. The zero-order valence-corrected chi connectivity index (χ0v) is 39.1. The van der Waals surface area contributed by atoms with Gasteiger partial charge in [0.15, 0.2) is 6.10 Å². The number of hydrogen-bond acceptors (Lipinski definition) is 6. The first-order valence-corrected chi connectivity index (χ1v) is 25.7. The van der Waals surface area contributed by atoms with Crippen molar-refractivity contribution in [2.75, 3.05) is 13.2 Å². The standard InChI is InChI=1S/C52H98O6/c1-4-7-10-13-16-19-22-25-26-28-31-34-37-40-43-46-52(55)58-49(47-56-50(53)44-41-38-35-32-29-24-21-18-15-12-9-6-3)48-57-51(54)45-42-39-36-33-30-27-23-20-17-14-11-8-5-2/h25-26,49H,4-24,27-48H2,1-3H3/t49-/m1/s1. The van der Waals surface area contributed by atoms with Gasteiger partial charge in [-0.05, 0) is 44.9 Å². The molecule has 0 rings (SSSR count). The van der Waals surface area contributed by atoms with Gasteiger partial charge in [-0.3, -0.25) is 14.4 Å². The molecule has 6 nitrogen and oxygen atoms in total. The van der Waals surface area contributed by atoms with Crippen molar-refractivity contribution in [2.24, 2.45) is 0 Å². The van der Waals surface area contributed by atoms with Crippen LogP contribution >= 0.6 is 0 Å². The van der Waals surface area contributed by atoms with Gasteiger partial charge in [-0.25, -0.2) is 0 Å². The molecule has 0 heterocycles. The van der Waals surface area contributed by atoms with E-state index in [4.69, 9.17) is 14.2 Å². The highest BCUT2D eigenvalue weighted by Gasteiger charge is 2.19. The molecule has 0 spiro atoms. The van der Waals surface area contributed by atoms with E-state index < -0.39 is 6.10 Å². The van der Waals surface area contributed by atoms with Gasteiger partial charge in [0.1, 0.15) is 13.2 Å². The van der Waals surface area contributed by atoms with Gasteiger partial charge in [0.05, 0.1) is 0 Å². The Balaban J connectivity index is 4.34. The van der Waals surface area contributed by atoms with Gasteiger partial charge in [0.25, 0.3) is 0 Å². The summed E-state index contributed by atoms with van der Waals surface area (Å²) in [6.45, 7) is 6.65.